The van der Waals surface area contributed by atoms with Gasteiger partial charge in [-0.3, -0.25) is 4.79 Å². The standard InChI is InChI=1S/C15H14ClNOS/c1-9-5-7-19-14(9)13(16)11-3-2-10-4-6-17-15(18)12(10)8-11/h2-3,5,7-8,13H,4,6H2,1H3,(H,17,18). The van der Waals surface area contributed by atoms with Gasteiger partial charge in [0, 0.05) is 17.0 Å². The first kappa shape index (κ1) is 12.7. The Hall–Kier alpha value is -1.32. The minimum absolute atomic E-state index is 0.00914. The molecule has 0 saturated carbocycles. The van der Waals surface area contributed by atoms with Gasteiger partial charge in [0.1, 0.15) is 0 Å². The van der Waals surface area contributed by atoms with Gasteiger partial charge in [0.05, 0.1) is 5.38 Å². The number of nitrogens with one attached hydrogen (secondary N) is 1. The third-order valence-corrected chi connectivity index (χ3v) is 5.17. The molecule has 1 aromatic heterocycles. The van der Waals surface area contributed by atoms with Crippen LogP contribution >= 0.6 is 22.9 Å². The molecule has 1 aliphatic rings. The Labute approximate surface area is 121 Å². The number of hydrogen-bond donors (Lipinski definition) is 1. The highest BCUT2D eigenvalue weighted by atomic mass is 35.5. The van der Waals surface area contributed by atoms with Crippen LogP contribution in [-0.2, 0) is 6.42 Å². The Morgan fingerprint density at radius 1 is 1.37 bits per heavy atom. The molecule has 2 heterocycles. The molecule has 1 aromatic carbocycles. The Kier molecular flexibility index (Phi) is 3.33. The molecule has 1 N–H and O–H groups in total. The van der Waals surface area contributed by atoms with Crippen LogP contribution in [0, 0.1) is 6.92 Å². The van der Waals surface area contributed by atoms with Crippen LogP contribution in [0.2, 0.25) is 0 Å². The lowest BCUT2D eigenvalue weighted by Gasteiger charge is -2.18. The van der Waals surface area contributed by atoms with Gasteiger partial charge in [-0.05, 0) is 47.5 Å². The highest BCUT2D eigenvalue weighted by Crippen LogP contribution is 2.35. The van der Waals surface area contributed by atoms with E-state index < -0.39 is 0 Å². The Morgan fingerprint density at radius 2 is 2.21 bits per heavy atom. The summed E-state index contributed by atoms with van der Waals surface area (Å²) in [6.07, 6.45) is 0.895. The summed E-state index contributed by atoms with van der Waals surface area (Å²) >= 11 is 8.21. The van der Waals surface area contributed by atoms with Gasteiger partial charge in [0.25, 0.3) is 5.91 Å². The van der Waals surface area contributed by atoms with Crippen molar-refractivity contribution in [2.45, 2.75) is 18.7 Å². The Balaban J connectivity index is 2.00. The number of halogens is 1. The van der Waals surface area contributed by atoms with Crippen LogP contribution in [0.5, 0.6) is 0 Å². The zero-order chi connectivity index (χ0) is 13.4. The predicted molar refractivity (Wildman–Crippen MR) is 79.2 cm³/mol. The van der Waals surface area contributed by atoms with E-state index in [4.69, 9.17) is 11.6 Å². The van der Waals surface area contributed by atoms with E-state index in [0.717, 1.165) is 34.5 Å². The predicted octanol–water partition coefficient (Wildman–Crippen LogP) is 3.67. The van der Waals surface area contributed by atoms with Crippen molar-refractivity contribution in [3.05, 3.63) is 56.8 Å². The minimum atomic E-state index is -0.181. The van der Waals surface area contributed by atoms with Crippen molar-refractivity contribution in [1.29, 1.82) is 0 Å². The fourth-order valence-electron chi connectivity index (χ4n) is 2.38. The summed E-state index contributed by atoms with van der Waals surface area (Å²) in [6, 6.07) is 8.07. The van der Waals surface area contributed by atoms with Crippen LogP contribution in [-0.4, -0.2) is 12.5 Å². The fraction of sp³-hybridized carbons (Fsp3) is 0.267. The van der Waals surface area contributed by atoms with Crippen molar-refractivity contribution in [3.63, 3.8) is 0 Å². The monoisotopic (exact) mass is 291 g/mol. The van der Waals surface area contributed by atoms with E-state index in [1.54, 1.807) is 11.3 Å². The Bertz CT molecular complexity index is 635. The smallest absolute Gasteiger partial charge is 0.251 e. The molecule has 0 saturated heterocycles. The third-order valence-electron chi connectivity index (χ3n) is 3.48. The number of carbonyl (C=O) groups excluding carboxylic acids is 1. The summed E-state index contributed by atoms with van der Waals surface area (Å²) in [5.74, 6) is 0.00914. The normalized spacial score (nSPS) is 15.8. The maximum absolute atomic E-state index is 11.9. The topological polar surface area (TPSA) is 29.1 Å². The highest BCUT2D eigenvalue weighted by Gasteiger charge is 2.20. The van der Waals surface area contributed by atoms with E-state index >= 15 is 0 Å². The molecule has 1 amide bonds. The second-order valence-corrected chi connectivity index (χ2v) is 6.14. The van der Waals surface area contributed by atoms with Crippen LogP contribution < -0.4 is 5.32 Å². The Morgan fingerprint density at radius 3 is 2.95 bits per heavy atom. The lowest BCUT2D eigenvalue weighted by atomic mass is 9.96. The van der Waals surface area contributed by atoms with Crippen LogP contribution in [0.25, 0.3) is 0 Å². The van der Waals surface area contributed by atoms with E-state index in [-0.39, 0.29) is 11.3 Å². The average Bonchev–Trinajstić information content (AvgIpc) is 2.84. The third kappa shape index (κ3) is 2.28. The van der Waals surface area contributed by atoms with E-state index in [2.05, 4.69) is 18.3 Å². The number of benzene rings is 1. The molecule has 2 nitrogen and oxygen atoms in total. The first-order chi connectivity index (χ1) is 9.16. The lowest BCUT2D eigenvalue weighted by molar-refractivity contribution is 0.0946. The number of thiophene rings is 1. The van der Waals surface area contributed by atoms with Gasteiger partial charge in [0.2, 0.25) is 0 Å². The fourth-order valence-corrected chi connectivity index (χ4v) is 3.77. The van der Waals surface area contributed by atoms with Gasteiger partial charge in [-0.1, -0.05) is 12.1 Å². The van der Waals surface area contributed by atoms with Gasteiger partial charge in [-0.15, -0.1) is 22.9 Å². The number of hydrogen-bond acceptors (Lipinski definition) is 2. The van der Waals surface area contributed by atoms with Gasteiger partial charge >= 0.3 is 0 Å². The van der Waals surface area contributed by atoms with E-state index in [9.17, 15) is 4.79 Å². The number of carbonyl (C=O) groups is 1. The molecule has 3 rings (SSSR count). The molecule has 98 valence electrons. The van der Waals surface area contributed by atoms with Gasteiger partial charge in [0.15, 0.2) is 0 Å². The largest absolute Gasteiger partial charge is 0.352 e. The van der Waals surface area contributed by atoms with Gasteiger partial charge < -0.3 is 5.32 Å². The van der Waals surface area contributed by atoms with Crippen LogP contribution in [0.4, 0.5) is 0 Å². The molecule has 0 spiro atoms. The second-order valence-electron chi connectivity index (χ2n) is 4.75. The molecule has 1 unspecified atom stereocenters. The van der Waals surface area contributed by atoms with Crippen molar-refractivity contribution in [2.75, 3.05) is 6.54 Å². The first-order valence-electron chi connectivity index (χ1n) is 6.26. The molecule has 4 heteroatoms. The van der Waals surface area contributed by atoms with E-state index in [1.165, 1.54) is 5.56 Å². The average molecular weight is 292 g/mol. The lowest BCUT2D eigenvalue weighted by Crippen LogP contribution is -2.31. The number of amides is 1. The van der Waals surface area contributed by atoms with Gasteiger partial charge in [-0.25, -0.2) is 0 Å². The maximum atomic E-state index is 11.9. The quantitative estimate of drug-likeness (QED) is 0.841. The van der Waals surface area contributed by atoms with Crippen LogP contribution in [0.3, 0.4) is 0 Å². The summed E-state index contributed by atoms with van der Waals surface area (Å²) < 4.78 is 0. The zero-order valence-corrected chi connectivity index (χ0v) is 12.1. The molecule has 0 fully saturated rings. The molecular formula is C15H14ClNOS. The number of rotatable bonds is 2. The number of fused-ring (bicyclic) bond motifs is 1. The molecular weight excluding hydrogens is 278 g/mol. The van der Waals surface area contributed by atoms with E-state index in [0.29, 0.717) is 0 Å². The van der Waals surface area contributed by atoms with Crippen molar-refractivity contribution < 1.29 is 4.79 Å². The minimum Gasteiger partial charge on any atom is -0.352 e. The highest BCUT2D eigenvalue weighted by molar-refractivity contribution is 7.10. The summed E-state index contributed by atoms with van der Waals surface area (Å²) in [4.78, 5) is 13.0. The van der Waals surface area contributed by atoms with Crippen molar-refractivity contribution in [2.24, 2.45) is 0 Å². The summed E-state index contributed by atoms with van der Waals surface area (Å²) in [5.41, 5.74) is 4.07. The SMILES string of the molecule is Cc1ccsc1C(Cl)c1ccc2c(c1)C(=O)NCC2. The van der Waals surface area contributed by atoms with Crippen molar-refractivity contribution >= 4 is 28.8 Å². The molecule has 1 atom stereocenters. The summed E-state index contributed by atoms with van der Waals surface area (Å²) in [7, 11) is 0. The molecule has 2 aromatic rings. The van der Waals surface area contributed by atoms with Crippen LogP contribution in [0.15, 0.2) is 29.6 Å². The molecule has 1 aliphatic heterocycles. The molecule has 0 bridgehead atoms. The molecule has 0 radical (unpaired) electrons. The first-order valence-corrected chi connectivity index (χ1v) is 7.57. The summed E-state index contributed by atoms with van der Waals surface area (Å²) in [6.45, 7) is 2.78. The molecule has 0 aliphatic carbocycles. The second kappa shape index (κ2) is 4.99. The zero-order valence-electron chi connectivity index (χ0n) is 10.6. The molecule has 19 heavy (non-hydrogen) atoms. The van der Waals surface area contributed by atoms with E-state index in [1.807, 2.05) is 23.6 Å². The van der Waals surface area contributed by atoms with Crippen molar-refractivity contribution in [1.82, 2.24) is 5.32 Å². The number of alkyl halides is 1. The van der Waals surface area contributed by atoms with Gasteiger partial charge in [-0.2, -0.15) is 0 Å². The van der Waals surface area contributed by atoms with Crippen molar-refractivity contribution in [3.8, 4) is 0 Å². The maximum Gasteiger partial charge on any atom is 0.251 e. The summed E-state index contributed by atoms with van der Waals surface area (Å²) in [5, 5.41) is 4.74. The number of aryl methyl sites for hydroxylation is 1. The van der Waals surface area contributed by atoms with Crippen LogP contribution in [0.1, 0.15) is 37.3 Å².